The number of hydrogen-bond acceptors (Lipinski definition) is 1. The first-order valence-electron chi connectivity index (χ1n) is 5.83. The van der Waals surface area contributed by atoms with Crippen molar-refractivity contribution in [3.8, 4) is 0 Å². The Labute approximate surface area is 111 Å². The molecule has 0 radical (unpaired) electrons. The Morgan fingerprint density at radius 1 is 1.11 bits per heavy atom. The molecular formula is C15H14ClFO. The van der Waals surface area contributed by atoms with E-state index in [9.17, 15) is 9.50 Å². The second-order valence-corrected chi connectivity index (χ2v) is 4.68. The molecule has 0 fully saturated rings. The van der Waals surface area contributed by atoms with Gasteiger partial charge in [-0.2, -0.15) is 0 Å². The Hall–Kier alpha value is -1.38. The van der Waals surface area contributed by atoms with Crippen molar-refractivity contribution < 1.29 is 9.50 Å². The predicted octanol–water partition coefficient (Wildman–Crippen LogP) is 4.15. The monoisotopic (exact) mass is 264 g/mol. The Balaban J connectivity index is 2.01. The van der Waals surface area contributed by atoms with Gasteiger partial charge in [-0.15, -0.1) is 0 Å². The lowest BCUT2D eigenvalue weighted by Gasteiger charge is -2.11. The standard InChI is InChI=1S/C15H14ClFO/c16-13-8-12(9-14(17)10-13)15(18)7-6-11-4-2-1-3-5-11/h1-5,8-10,15,18H,6-7H2. The number of aliphatic hydroxyl groups is 1. The van der Waals surface area contributed by atoms with Crippen molar-refractivity contribution in [2.45, 2.75) is 18.9 Å². The lowest BCUT2D eigenvalue weighted by atomic mass is 10.0. The van der Waals surface area contributed by atoms with Crippen LogP contribution < -0.4 is 0 Å². The summed E-state index contributed by atoms with van der Waals surface area (Å²) in [4.78, 5) is 0. The van der Waals surface area contributed by atoms with Crippen LogP contribution in [0.5, 0.6) is 0 Å². The highest BCUT2D eigenvalue weighted by Gasteiger charge is 2.10. The third-order valence-electron chi connectivity index (χ3n) is 2.82. The molecular weight excluding hydrogens is 251 g/mol. The highest BCUT2D eigenvalue weighted by molar-refractivity contribution is 6.30. The zero-order valence-electron chi connectivity index (χ0n) is 9.81. The van der Waals surface area contributed by atoms with Gasteiger partial charge in [0.1, 0.15) is 5.82 Å². The van der Waals surface area contributed by atoms with Crippen molar-refractivity contribution in [1.82, 2.24) is 0 Å². The zero-order valence-corrected chi connectivity index (χ0v) is 10.6. The van der Waals surface area contributed by atoms with E-state index in [0.717, 1.165) is 12.0 Å². The minimum absolute atomic E-state index is 0.309. The largest absolute Gasteiger partial charge is 0.388 e. The molecule has 0 spiro atoms. The summed E-state index contributed by atoms with van der Waals surface area (Å²) in [6.45, 7) is 0. The number of halogens is 2. The van der Waals surface area contributed by atoms with E-state index in [1.807, 2.05) is 30.3 Å². The van der Waals surface area contributed by atoms with Gasteiger partial charge in [-0.25, -0.2) is 4.39 Å². The molecule has 0 aliphatic rings. The molecule has 0 aromatic heterocycles. The zero-order chi connectivity index (χ0) is 13.0. The molecule has 0 amide bonds. The minimum Gasteiger partial charge on any atom is -0.388 e. The van der Waals surface area contributed by atoms with E-state index in [2.05, 4.69) is 0 Å². The molecule has 1 unspecified atom stereocenters. The van der Waals surface area contributed by atoms with Crippen LogP contribution in [0, 0.1) is 5.82 Å². The lowest BCUT2D eigenvalue weighted by Crippen LogP contribution is -2.00. The van der Waals surface area contributed by atoms with Crippen LogP contribution in [0.2, 0.25) is 5.02 Å². The quantitative estimate of drug-likeness (QED) is 0.880. The highest BCUT2D eigenvalue weighted by Crippen LogP contribution is 2.23. The molecule has 0 heterocycles. The normalized spacial score (nSPS) is 12.4. The maximum Gasteiger partial charge on any atom is 0.125 e. The second kappa shape index (κ2) is 5.98. The van der Waals surface area contributed by atoms with E-state index >= 15 is 0 Å². The summed E-state index contributed by atoms with van der Waals surface area (Å²) < 4.78 is 13.2. The van der Waals surface area contributed by atoms with Crippen LogP contribution in [-0.2, 0) is 6.42 Å². The van der Waals surface area contributed by atoms with Crippen molar-refractivity contribution >= 4 is 11.6 Å². The average Bonchev–Trinajstić information content (AvgIpc) is 2.36. The fourth-order valence-corrected chi connectivity index (χ4v) is 2.11. The molecule has 2 rings (SSSR count). The van der Waals surface area contributed by atoms with E-state index in [1.54, 1.807) is 6.07 Å². The molecule has 0 saturated carbocycles. The highest BCUT2D eigenvalue weighted by atomic mass is 35.5. The molecule has 0 aliphatic carbocycles. The smallest absolute Gasteiger partial charge is 0.125 e. The van der Waals surface area contributed by atoms with Crippen LogP contribution >= 0.6 is 11.6 Å². The van der Waals surface area contributed by atoms with Gasteiger partial charge in [0.15, 0.2) is 0 Å². The Morgan fingerprint density at radius 3 is 2.50 bits per heavy atom. The van der Waals surface area contributed by atoms with E-state index < -0.39 is 11.9 Å². The van der Waals surface area contributed by atoms with E-state index in [-0.39, 0.29) is 0 Å². The maximum atomic E-state index is 13.2. The molecule has 0 aliphatic heterocycles. The lowest BCUT2D eigenvalue weighted by molar-refractivity contribution is 0.167. The van der Waals surface area contributed by atoms with Gasteiger partial charge in [-0.05, 0) is 42.2 Å². The molecule has 0 bridgehead atoms. The third-order valence-corrected chi connectivity index (χ3v) is 3.04. The van der Waals surface area contributed by atoms with Crippen LogP contribution in [0.4, 0.5) is 4.39 Å². The van der Waals surface area contributed by atoms with Crippen molar-refractivity contribution in [1.29, 1.82) is 0 Å². The summed E-state index contributed by atoms with van der Waals surface area (Å²) in [5, 5.41) is 10.3. The van der Waals surface area contributed by atoms with Gasteiger partial charge in [0.05, 0.1) is 6.10 Å². The van der Waals surface area contributed by atoms with Crippen LogP contribution in [0.1, 0.15) is 23.7 Å². The molecule has 2 aromatic carbocycles. The van der Waals surface area contributed by atoms with Gasteiger partial charge in [0.25, 0.3) is 0 Å². The third kappa shape index (κ3) is 3.56. The Morgan fingerprint density at radius 2 is 1.83 bits per heavy atom. The molecule has 3 heteroatoms. The number of aliphatic hydroxyl groups excluding tert-OH is 1. The van der Waals surface area contributed by atoms with Crippen LogP contribution in [0.15, 0.2) is 48.5 Å². The second-order valence-electron chi connectivity index (χ2n) is 4.24. The first-order valence-corrected chi connectivity index (χ1v) is 6.21. The van der Waals surface area contributed by atoms with Gasteiger partial charge in [0, 0.05) is 5.02 Å². The van der Waals surface area contributed by atoms with Crippen molar-refractivity contribution in [3.05, 3.63) is 70.5 Å². The predicted molar refractivity (Wildman–Crippen MR) is 71.1 cm³/mol. The molecule has 18 heavy (non-hydrogen) atoms. The number of hydrogen-bond donors (Lipinski definition) is 1. The Kier molecular flexibility index (Phi) is 4.34. The fraction of sp³-hybridized carbons (Fsp3) is 0.200. The van der Waals surface area contributed by atoms with Crippen LogP contribution in [0.3, 0.4) is 0 Å². The number of benzene rings is 2. The maximum absolute atomic E-state index is 13.2. The van der Waals surface area contributed by atoms with Gasteiger partial charge >= 0.3 is 0 Å². The SMILES string of the molecule is OC(CCc1ccccc1)c1cc(F)cc(Cl)c1. The first-order chi connectivity index (χ1) is 8.65. The van der Waals surface area contributed by atoms with Crippen LogP contribution in [0.25, 0.3) is 0 Å². The van der Waals surface area contributed by atoms with Crippen molar-refractivity contribution in [2.24, 2.45) is 0 Å². The number of aryl methyl sites for hydroxylation is 1. The molecule has 1 N–H and O–H groups in total. The molecule has 0 saturated heterocycles. The van der Waals surface area contributed by atoms with Crippen LogP contribution in [-0.4, -0.2) is 5.11 Å². The number of rotatable bonds is 4. The summed E-state index contributed by atoms with van der Waals surface area (Å²) in [5.41, 5.74) is 1.68. The fourth-order valence-electron chi connectivity index (χ4n) is 1.88. The molecule has 1 nitrogen and oxygen atoms in total. The van der Waals surface area contributed by atoms with Gasteiger partial charge < -0.3 is 5.11 Å². The Bertz CT molecular complexity index is 493. The summed E-state index contributed by atoms with van der Waals surface area (Å²) in [7, 11) is 0. The summed E-state index contributed by atoms with van der Waals surface area (Å²) in [5.74, 6) is -0.420. The molecule has 1 atom stereocenters. The van der Waals surface area contributed by atoms with E-state index in [4.69, 9.17) is 11.6 Å². The average molecular weight is 265 g/mol. The topological polar surface area (TPSA) is 20.2 Å². The molecule has 2 aromatic rings. The van der Waals surface area contributed by atoms with Gasteiger partial charge in [-0.3, -0.25) is 0 Å². The summed E-state index contributed by atoms with van der Waals surface area (Å²) in [6.07, 6.45) is 0.596. The summed E-state index contributed by atoms with van der Waals surface area (Å²) >= 11 is 5.76. The first kappa shape index (κ1) is 13.1. The van der Waals surface area contributed by atoms with Crippen molar-refractivity contribution in [2.75, 3.05) is 0 Å². The van der Waals surface area contributed by atoms with E-state index in [1.165, 1.54) is 12.1 Å². The summed E-state index contributed by atoms with van der Waals surface area (Å²) in [6, 6.07) is 14.0. The van der Waals surface area contributed by atoms with Crippen molar-refractivity contribution in [3.63, 3.8) is 0 Å². The minimum atomic E-state index is -0.696. The van der Waals surface area contributed by atoms with E-state index in [0.29, 0.717) is 17.0 Å². The van der Waals surface area contributed by atoms with Gasteiger partial charge in [-0.1, -0.05) is 41.9 Å². The molecule has 94 valence electrons. The van der Waals surface area contributed by atoms with Gasteiger partial charge in [0.2, 0.25) is 0 Å².